The van der Waals surface area contributed by atoms with Gasteiger partial charge in [-0.05, 0) is 55.3 Å². The van der Waals surface area contributed by atoms with E-state index in [1.807, 2.05) is 53.4 Å². The number of carbonyl (C=O) groups is 3. The monoisotopic (exact) mass is 493 g/mol. The number of hydrogen-bond donors (Lipinski definition) is 1. The molecule has 32 heavy (non-hydrogen) atoms. The Balaban J connectivity index is 1.28. The molecule has 1 unspecified atom stereocenters. The summed E-state index contributed by atoms with van der Waals surface area (Å²) < 4.78 is 0.890. The maximum Gasteiger partial charge on any atom is 0.227 e. The molecule has 0 aliphatic carbocycles. The summed E-state index contributed by atoms with van der Waals surface area (Å²) in [7, 11) is 0. The molecule has 4 rings (SSSR count). The average molecular weight is 494 g/mol. The number of piperidine rings is 1. The summed E-state index contributed by atoms with van der Waals surface area (Å²) in [6.07, 6.45) is 2.79. The summed E-state index contributed by atoms with van der Waals surface area (Å²) in [5.74, 6) is 5.56. The molecule has 0 aromatic heterocycles. The molecular weight excluding hydrogens is 470 g/mol. The van der Waals surface area contributed by atoms with E-state index in [0.29, 0.717) is 13.0 Å². The topological polar surface area (TPSA) is 69.7 Å². The quantitative estimate of drug-likeness (QED) is 0.662. The van der Waals surface area contributed by atoms with Crippen LogP contribution in [0.2, 0.25) is 0 Å². The van der Waals surface area contributed by atoms with Gasteiger partial charge < -0.3 is 15.1 Å². The van der Waals surface area contributed by atoms with Gasteiger partial charge in [-0.15, -0.1) is 0 Å². The Morgan fingerprint density at radius 1 is 1.03 bits per heavy atom. The van der Waals surface area contributed by atoms with Crippen LogP contribution in [0, 0.1) is 17.8 Å². The van der Waals surface area contributed by atoms with Crippen LogP contribution in [0.25, 0.3) is 0 Å². The summed E-state index contributed by atoms with van der Waals surface area (Å²) in [5, 5.41) is 2.81. The molecule has 1 N–H and O–H groups in total. The van der Waals surface area contributed by atoms with Crippen molar-refractivity contribution >= 4 is 45.0 Å². The molecule has 2 saturated heterocycles. The van der Waals surface area contributed by atoms with Crippen molar-refractivity contribution < 1.29 is 14.4 Å². The summed E-state index contributed by atoms with van der Waals surface area (Å²) in [6, 6.07) is 15.1. The first kappa shape index (κ1) is 22.1. The van der Waals surface area contributed by atoms with Gasteiger partial charge in [0.1, 0.15) is 0 Å². The van der Waals surface area contributed by atoms with E-state index in [1.54, 1.807) is 4.90 Å². The standard InChI is InChI=1S/C25H24BrN3O3/c26-20-6-3-7-22(16-20)29-17-19(15-24(29)31)25(32)27-13-4-5-18-9-11-21(12-10-18)28-14-2-1-8-23(28)30/h3,6-7,9-12,16,19H,1-2,8,13-15,17H2,(H,27,32). The Bertz CT molecular complexity index is 1090. The fourth-order valence-electron chi connectivity index (χ4n) is 4.00. The van der Waals surface area contributed by atoms with Crippen LogP contribution in [0.15, 0.2) is 53.0 Å². The van der Waals surface area contributed by atoms with Crippen molar-refractivity contribution in [2.75, 3.05) is 29.4 Å². The first-order chi connectivity index (χ1) is 15.5. The Hall–Kier alpha value is -3.11. The van der Waals surface area contributed by atoms with Gasteiger partial charge in [0.2, 0.25) is 17.7 Å². The minimum Gasteiger partial charge on any atom is -0.345 e. The molecule has 0 radical (unpaired) electrons. The smallest absolute Gasteiger partial charge is 0.227 e. The summed E-state index contributed by atoms with van der Waals surface area (Å²) in [5.41, 5.74) is 2.51. The van der Waals surface area contributed by atoms with Crippen LogP contribution in [0.4, 0.5) is 11.4 Å². The predicted octanol–water partition coefficient (Wildman–Crippen LogP) is 3.49. The van der Waals surface area contributed by atoms with Gasteiger partial charge in [-0.1, -0.05) is 33.8 Å². The van der Waals surface area contributed by atoms with Gasteiger partial charge in [-0.25, -0.2) is 0 Å². The van der Waals surface area contributed by atoms with Crippen molar-refractivity contribution in [3.05, 3.63) is 58.6 Å². The zero-order chi connectivity index (χ0) is 22.5. The lowest BCUT2D eigenvalue weighted by Gasteiger charge is -2.26. The summed E-state index contributed by atoms with van der Waals surface area (Å²) in [4.78, 5) is 40.3. The van der Waals surface area contributed by atoms with Crippen molar-refractivity contribution in [3.63, 3.8) is 0 Å². The second kappa shape index (κ2) is 10.0. The van der Waals surface area contributed by atoms with Gasteiger partial charge in [-0.3, -0.25) is 14.4 Å². The lowest BCUT2D eigenvalue weighted by molar-refractivity contribution is -0.126. The molecule has 0 saturated carbocycles. The normalized spacial score (nSPS) is 18.3. The Morgan fingerprint density at radius 3 is 2.59 bits per heavy atom. The second-order valence-electron chi connectivity index (χ2n) is 7.95. The number of carbonyl (C=O) groups excluding carboxylic acids is 3. The van der Waals surface area contributed by atoms with E-state index in [0.717, 1.165) is 40.8 Å². The van der Waals surface area contributed by atoms with Crippen LogP contribution in [0.1, 0.15) is 31.2 Å². The van der Waals surface area contributed by atoms with E-state index in [2.05, 4.69) is 33.1 Å². The van der Waals surface area contributed by atoms with Crippen molar-refractivity contribution in [1.29, 1.82) is 0 Å². The Kier molecular flexibility index (Phi) is 6.91. The van der Waals surface area contributed by atoms with Crippen molar-refractivity contribution in [1.82, 2.24) is 5.32 Å². The van der Waals surface area contributed by atoms with Gasteiger partial charge in [0.25, 0.3) is 0 Å². The first-order valence-electron chi connectivity index (χ1n) is 10.7. The fraction of sp³-hybridized carbons (Fsp3) is 0.320. The van der Waals surface area contributed by atoms with Gasteiger partial charge in [-0.2, -0.15) is 0 Å². The van der Waals surface area contributed by atoms with Crippen LogP contribution >= 0.6 is 15.9 Å². The third-order valence-electron chi connectivity index (χ3n) is 5.70. The average Bonchev–Trinajstić information content (AvgIpc) is 3.19. The number of benzene rings is 2. The van der Waals surface area contributed by atoms with Crippen molar-refractivity contribution in [2.45, 2.75) is 25.7 Å². The molecule has 0 spiro atoms. The van der Waals surface area contributed by atoms with Crippen LogP contribution in [-0.4, -0.2) is 37.4 Å². The number of rotatable bonds is 4. The maximum absolute atomic E-state index is 12.5. The molecule has 2 fully saturated rings. The Labute approximate surface area is 196 Å². The number of amides is 3. The second-order valence-corrected chi connectivity index (χ2v) is 8.87. The van der Waals surface area contributed by atoms with Crippen LogP contribution < -0.4 is 15.1 Å². The predicted molar refractivity (Wildman–Crippen MR) is 127 cm³/mol. The van der Waals surface area contributed by atoms with Gasteiger partial charge in [0.05, 0.1) is 12.5 Å². The van der Waals surface area contributed by atoms with Crippen LogP contribution in [0.5, 0.6) is 0 Å². The van der Waals surface area contributed by atoms with Crippen LogP contribution in [-0.2, 0) is 14.4 Å². The molecule has 0 bridgehead atoms. The van der Waals surface area contributed by atoms with E-state index < -0.39 is 0 Å². The van der Waals surface area contributed by atoms with E-state index in [1.165, 1.54) is 0 Å². The van der Waals surface area contributed by atoms with Crippen molar-refractivity contribution in [3.8, 4) is 11.8 Å². The lowest BCUT2D eigenvalue weighted by Crippen LogP contribution is -2.35. The molecule has 2 aliphatic heterocycles. The number of hydrogen-bond acceptors (Lipinski definition) is 3. The molecule has 1 atom stereocenters. The highest BCUT2D eigenvalue weighted by Crippen LogP contribution is 2.27. The molecule has 7 heteroatoms. The van der Waals surface area contributed by atoms with E-state index >= 15 is 0 Å². The summed E-state index contributed by atoms with van der Waals surface area (Å²) >= 11 is 3.41. The zero-order valence-electron chi connectivity index (χ0n) is 17.6. The molecule has 2 aromatic carbocycles. The minimum absolute atomic E-state index is 0.0541. The molecule has 6 nitrogen and oxygen atoms in total. The number of nitrogens with zero attached hydrogens (tertiary/aromatic N) is 2. The largest absolute Gasteiger partial charge is 0.345 e. The van der Waals surface area contributed by atoms with Gasteiger partial charge >= 0.3 is 0 Å². The van der Waals surface area contributed by atoms with Crippen molar-refractivity contribution in [2.24, 2.45) is 5.92 Å². The number of nitrogens with one attached hydrogen (secondary N) is 1. The van der Waals surface area contributed by atoms with E-state index in [9.17, 15) is 14.4 Å². The maximum atomic E-state index is 12.5. The highest BCUT2D eigenvalue weighted by Gasteiger charge is 2.34. The third kappa shape index (κ3) is 5.20. The minimum atomic E-state index is -0.385. The lowest BCUT2D eigenvalue weighted by atomic mass is 10.1. The SMILES string of the molecule is O=C(NCC#Cc1ccc(N2CCCCC2=O)cc1)C1CC(=O)N(c2cccc(Br)c2)C1. The molecule has 2 aromatic rings. The third-order valence-corrected chi connectivity index (χ3v) is 6.20. The fourth-order valence-corrected chi connectivity index (χ4v) is 4.39. The highest BCUT2D eigenvalue weighted by atomic mass is 79.9. The number of halogens is 1. The molecule has 3 amide bonds. The van der Waals surface area contributed by atoms with E-state index in [-0.39, 0.29) is 36.6 Å². The molecule has 2 aliphatic rings. The molecular formula is C25H24BrN3O3. The van der Waals surface area contributed by atoms with Gasteiger partial charge in [0, 0.05) is 47.3 Å². The zero-order valence-corrected chi connectivity index (χ0v) is 19.2. The Morgan fingerprint density at radius 2 is 1.84 bits per heavy atom. The van der Waals surface area contributed by atoms with Gasteiger partial charge in [0.15, 0.2) is 0 Å². The van der Waals surface area contributed by atoms with E-state index in [4.69, 9.17) is 0 Å². The molecule has 164 valence electrons. The molecule has 2 heterocycles. The highest BCUT2D eigenvalue weighted by molar-refractivity contribution is 9.10. The number of anilines is 2. The summed E-state index contributed by atoms with van der Waals surface area (Å²) in [6.45, 7) is 1.34. The first-order valence-corrected chi connectivity index (χ1v) is 11.5. The van der Waals surface area contributed by atoms with Crippen LogP contribution in [0.3, 0.4) is 0 Å².